The van der Waals surface area contributed by atoms with Crippen LogP contribution in [0.1, 0.15) is 16.7 Å². The first-order valence-electron chi connectivity index (χ1n) is 6.38. The summed E-state index contributed by atoms with van der Waals surface area (Å²) >= 11 is 0. The molecule has 7 nitrogen and oxygen atoms in total. The third-order valence-corrected chi connectivity index (χ3v) is 4.86. The van der Waals surface area contributed by atoms with Crippen LogP contribution in [-0.4, -0.2) is 34.1 Å². The van der Waals surface area contributed by atoms with Gasteiger partial charge in [-0.05, 0) is 43.5 Å². The highest BCUT2D eigenvalue weighted by molar-refractivity contribution is 7.89. The van der Waals surface area contributed by atoms with Crippen molar-refractivity contribution < 1.29 is 17.9 Å². The highest BCUT2D eigenvalue weighted by Crippen LogP contribution is 2.27. The molecule has 0 unspecified atom stereocenters. The number of hydrogen-bond acceptors (Lipinski definition) is 5. The van der Waals surface area contributed by atoms with Crippen molar-refractivity contribution in [2.75, 3.05) is 25.5 Å². The predicted molar refractivity (Wildman–Crippen MR) is 80.3 cm³/mol. The normalized spacial score (nSPS) is 11.6. The zero-order valence-corrected chi connectivity index (χ0v) is 13.2. The molecule has 1 aromatic rings. The minimum absolute atomic E-state index is 0.0440. The number of aryl methyl sites for hydroxylation is 1. The van der Waals surface area contributed by atoms with Gasteiger partial charge in [0, 0.05) is 12.2 Å². The number of rotatable bonds is 7. The fourth-order valence-corrected chi connectivity index (χ4v) is 3.52. The number of carbonyl (C=O) groups is 1. The Hall–Kier alpha value is -1.64. The van der Waals surface area contributed by atoms with Crippen LogP contribution in [0.2, 0.25) is 0 Å². The van der Waals surface area contributed by atoms with Crippen LogP contribution >= 0.6 is 0 Å². The van der Waals surface area contributed by atoms with Crippen LogP contribution in [0.25, 0.3) is 0 Å². The number of carbonyl (C=O) groups excluding carboxylic acids is 1. The van der Waals surface area contributed by atoms with Gasteiger partial charge in [-0.3, -0.25) is 4.79 Å². The first kappa shape index (κ1) is 17.4. The largest absolute Gasteiger partial charge is 0.398 e. The number of sulfonamides is 1. The number of nitrogen functional groups attached to an aromatic ring is 1. The van der Waals surface area contributed by atoms with Crippen LogP contribution in [0, 0.1) is 20.8 Å². The molecule has 0 aliphatic rings. The molecular formula is C13H21N3O4S. The minimum Gasteiger partial charge on any atom is -0.398 e. The van der Waals surface area contributed by atoms with E-state index in [2.05, 4.69) is 4.72 Å². The summed E-state index contributed by atoms with van der Waals surface area (Å²) in [6.45, 7) is 5.07. The molecule has 0 atom stereocenters. The lowest BCUT2D eigenvalue weighted by Crippen LogP contribution is -2.30. The number of nitrogens with two attached hydrogens (primary N) is 2. The molecular weight excluding hydrogens is 294 g/mol. The minimum atomic E-state index is -3.69. The standard InChI is InChI=1S/C13H21N3O4S/c1-8-6-11(14)10(3)13(9(8)2)21(18,19)16-4-5-20-7-12(15)17/h6,16H,4-5,7,14H2,1-3H3,(H2,15,17). The van der Waals surface area contributed by atoms with Crippen LogP contribution in [-0.2, 0) is 19.6 Å². The van der Waals surface area contributed by atoms with E-state index in [-0.39, 0.29) is 24.7 Å². The van der Waals surface area contributed by atoms with Gasteiger partial charge in [0.1, 0.15) is 6.61 Å². The summed E-state index contributed by atoms with van der Waals surface area (Å²) in [6.07, 6.45) is 0. The van der Waals surface area contributed by atoms with E-state index in [0.717, 1.165) is 5.56 Å². The monoisotopic (exact) mass is 315 g/mol. The molecule has 0 saturated carbocycles. The van der Waals surface area contributed by atoms with Crippen molar-refractivity contribution in [3.63, 3.8) is 0 Å². The summed E-state index contributed by atoms with van der Waals surface area (Å²) in [5.41, 5.74) is 13.2. The molecule has 0 bridgehead atoms. The van der Waals surface area contributed by atoms with E-state index in [4.69, 9.17) is 16.2 Å². The van der Waals surface area contributed by atoms with E-state index in [9.17, 15) is 13.2 Å². The first-order valence-corrected chi connectivity index (χ1v) is 7.87. The summed E-state index contributed by atoms with van der Waals surface area (Å²) in [5, 5.41) is 0. The van der Waals surface area contributed by atoms with Crippen LogP contribution in [0.15, 0.2) is 11.0 Å². The second-order valence-electron chi connectivity index (χ2n) is 4.78. The lowest BCUT2D eigenvalue weighted by atomic mass is 10.1. The smallest absolute Gasteiger partial charge is 0.243 e. The summed E-state index contributed by atoms with van der Waals surface area (Å²) < 4.78 is 32.1. The Labute approximate surface area is 124 Å². The molecule has 0 fully saturated rings. The second kappa shape index (κ2) is 6.88. The van der Waals surface area contributed by atoms with Gasteiger partial charge in [-0.1, -0.05) is 0 Å². The van der Waals surface area contributed by atoms with Crippen LogP contribution in [0.4, 0.5) is 5.69 Å². The van der Waals surface area contributed by atoms with Crippen LogP contribution in [0.3, 0.4) is 0 Å². The van der Waals surface area contributed by atoms with E-state index in [1.54, 1.807) is 26.8 Å². The molecule has 0 heterocycles. The third-order valence-electron chi connectivity index (χ3n) is 3.13. The van der Waals surface area contributed by atoms with Gasteiger partial charge in [0.25, 0.3) is 0 Å². The fourth-order valence-electron chi connectivity index (χ4n) is 1.94. The van der Waals surface area contributed by atoms with E-state index in [1.165, 1.54) is 0 Å². The quantitative estimate of drug-likeness (QED) is 0.481. The van der Waals surface area contributed by atoms with Gasteiger partial charge < -0.3 is 16.2 Å². The molecule has 0 aliphatic carbocycles. The van der Waals surface area contributed by atoms with Crippen molar-refractivity contribution in [3.05, 3.63) is 22.8 Å². The molecule has 1 amide bonds. The Bertz CT molecular complexity index is 615. The SMILES string of the molecule is Cc1cc(N)c(C)c(S(=O)(=O)NCCOCC(N)=O)c1C. The molecule has 0 saturated heterocycles. The number of nitrogens with one attached hydrogen (secondary N) is 1. The fraction of sp³-hybridized carbons (Fsp3) is 0.462. The van der Waals surface area contributed by atoms with Gasteiger partial charge >= 0.3 is 0 Å². The topological polar surface area (TPSA) is 125 Å². The maximum atomic E-state index is 12.4. The van der Waals surface area contributed by atoms with Gasteiger partial charge in [-0.25, -0.2) is 13.1 Å². The van der Waals surface area contributed by atoms with Gasteiger partial charge in [0.05, 0.1) is 11.5 Å². The van der Waals surface area contributed by atoms with Crippen molar-refractivity contribution in [1.82, 2.24) is 4.72 Å². The van der Waals surface area contributed by atoms with Gasteiger partial charge in [0.15, 0.2) is 0 Å². The Morgan fingerprint density at radius 1 is 1.29 bits per heavy atom. The number of benzene rings is 1. The molecule has 0 aliphatic heterocycles. The molecule has 21 heavy (non-hydrogen) atoms. The van der Waals surface area contributed by atoms with Crippen molar-refractivity contribution in [2.24, 2.45) is 5.73 Å². The van der Waals surface area contributed by atoms with Crippen molar-refractivity contribution >= 4 is 21.6 Å². The van der Waals surface area contributed by atoms with Crippen molar-refractivity contribution in [3.8, 4) is 0 Å². The first-order chi connectivity index (χ1) is 9.66. The molecule has 5 N–H and O–H groups in total. The average molecular weight is 315 g/mol. The predicted octanol–water partition coefficient (Wildman–Crippen LogP) is -0.0257. The zero-order valence-electron chi connectivity index (χ0n) is 12.4. The lowest BCUT2D eigenvalue weighted by Gasteiger charge is -2.15. The molecule has 0 spiro atoms. The molecule has 118 valence electrons. The van der Waals surface area contributed by atoms with Crippen molar-refractivity contribution in [1.29, 1.82) is 0 Å². The number of anilines is 1. The maximum absolute atomic E-state index is 12.4. The average Bonchev–Trinajstić information content (AvgIpc) is 2.35. The Morgan fingerprint density at radius 3 is 2.48 bits per heavy atom. The van der Waals surface area contributed by atoms with E-state index < -0.39 is 15.9 Å². The Morgan fingerprint density at radius 2 is 1.90 bits per heavy atom. The highest BCUT2D eigenvalue weighted by Gasteiger charge is 2.21. The molecule has 8 heteroatoms. The maximum Gasteiger partial charge on any atom is 0.243 e. The van der Waals surface area contributed by atoms with Crippen molar-refractivity contribution in [2.45, 2.75) is 25.7 Å². The number of hydrogen-bond donors (Lipinski definition) is 3. The van der Waals surface area contributed by atoms with Gasteiger partial charge in [-0.2, -0.15) is 0 Å². The summed E-state index contributed by atoms with van der Waals surface area (Å²) in [7, 11) is -3.69. The van der Waals surface area contributed by atoms with Crippen LogP contribution < -0.4 is 16.2 Å². The van der Waals surface area contributed by atoms with Crippen LogP contribution in [0.5, 0.6) is 0 Å². The molecule has 0 radical (unpaired) electrons. The molecule has 1 rings (SSSR count). The molecule has 1 aromatic carbocycles. The van der Waals surface area contributed by atoms with E-state index in [0.29, 0.717) is 16.8 Å². The summed E-state index contributed by atoms with van der Waals surface area (Å²) in [4.78, 5) is 10.7. The lowest BCUT2D eigenvalue weighted by molar-refractivity contribution is -0.122. The Balaban J connectivity index is 2.87. The van der Waals surface area contributed by atoms with E-state index in [1.807, 2.05) is 0 Å². The Kier molecular flexibility index (Phi) is 5.70. The highest BCUT2D eigenvalue weighted by atomic mass is 32.2. The summed E-state index contributed by atoms with van der Waals surface area (Å²) in [6, 6.07) is 1.75. The second-order valence-corrected chi connectivity index (χ2v) is 6.48. The third kappa shape index (κ3) is 4.42. The number of ether oxygens (including phenoxy) is 1. The summed E-state index contributed by atoms with van der Waals surface area (Å²) in [5.74, 6) is -0.601. The van der Waals surface area contributed by atoms with E-state index >= 15 is 0 Å². The van der Waals surface area contributed by atoms with Gasteiger partial charge in [-0.15, -0.1) is 0 Å². The number of amides is 1. The van der Waals surface area contributed by atoms with Gasteiger partial charge in [0.2, 0.25) is 15.9 Å². The molecule has 0 aromatic heterocycles. The zero-order chi connectivity index (χ0) is 16.2. The number of primary amides is 1.